The molecule has 1 saturated carbocycles. The van der Waals surface area contributed by atoms with E-state index in [1.54, 1.807) is 0 Å². The van der Waals surface area contributed by atoms with Gasteiger partial charge in [0, 0.05) is 5.25 Å². The maximum Gasteiger partial charge on any atom is 0.408 e. The van der Waals surface area contributed by atoms with Crippen LogP contribution in [0.15, 0.2) is 0 Å². The van der Waals surface area contributed by atoms with E-state index in [1.165, 1.54) is 0 Å². The number of alkyl carbamates (subject to hydrolysis) is 1. The summed E-state index contributed by atoms with van der Waals surface area (Å²) in [6.07, 6.45) is 1.66. The van der Waals surface area contributed by atoms with Crippen LogP contribution in [0, 0.1) is 0 Å². The molecule has 1 aliphatic carbocycles. The van der Waals surface area contributed by atoms with Crippen LogP contribution in [0.3, 0.4) is 0 Å². The summed E-state index contributed by atoms with van der Waals surface area (Å²) in [5.41, 5.74) is -0.550. The van der Waals surface area contributed by atoms with Crippen molar-refractivity contribution in [3.8, 4) is 0 Å². The molecule has 1 atom stereocenters. The van der Waals surface area contributed by atoms with Crippen molar-refractivity contribution in [1.29, 1.82) is 0 Å². The van der Waals surface area contributed by atoms with Crippen molar-refractivity contribution in [2.45, 2.75) is 56.9 Å². The first-order valence-electron chi connectivity index (χ1n) is 4.94. The smallest absolute Gasteiger partial charge is 0.408 e. The van der Waals surface area contributed by atoms with E-state index in [0.717, 1.165) is 12.8 Å². The van der Waals surface area contributed by atoms with Gasteiger partial charge in [-0.05, 0) is 33.6 Å². The highest BCUT2D eigenvalue weighted by molar-refractivity contribution is 7.81. The zero-order valence-corrected chi connectivity index (χ0v) is 10.1. The Morgan fingerprint density at radius 3 is 2.29 bits per heavy atom. The number of thiol groups is 1. The van der Waals surface area contributed by atoms with Gasteiger partial charge in [0.1, 0.15) is 5.60 Å². The van der Waals surface area contributed by atoms with Gasteiger partial charge in [-0.15, -0.1) is 0 Å². The summed E-state index contributed by atoms with van der Waals surface area (Å²) in [6.45, 7) is 7.57. The lowest BCUT2D eigenvalue weighted by Crippen LogP contribution is -2.44. The molecule has 1 N–H and O–H groups in total. The molecule has 3 nitrogen and oxygen atoms in total. The van der Waals surface area contributed by atoms with Gasteiger partial charge in [0.25, 0.3) is 0 Å². The second kappa shape index (κ2) is 3.65. The second-order valence-corrected chi connectivity index (χ2v) is 5.73. The number of ether oxygens (including phenoxy) is 1. The highest BCUT2D eigenvalue weighted by atomic mass is 32.1. The minimum atomic E-state index is -0.431. The number of carbonyl (C=O) groups is 1. The van der Waals surface area contributed by atoms with Crippen LogP contribution in [0.25, 0.3) is 0 Å². The van der Waals surface area contributed by atoms with E-state index in [1.807, 2.05) is 27.7 Å². The van der Waals surface area contributed by atoms with Crippen LogP contribution in [0.4, 0.5) is 4.79 Å². The molecular weight excluding hydrogens is 198 g/mol. The highest BCUT2D eigenvalue weighted by Gasteiger charge is 2.48. The largest absolute Gasteiger partial charge is 0.444 e. The molecule has 1 rings (SSSR count). The van der Waals surface area contributed by atoms with Crippen LogP contribution in [0.5, 0.6) is 0 Å². The van der Waals surface area contributed by atoms with Crippen LogP contribution in [-0.4, -0.2) is 22.5 Å². The normalized spacial score (nSPS) is 21.2. The summed E-state index contributed by atoms with van der Waals surface area (Å²) in [4.78, 5) is 11.5. The Labute approximate surface area is 91.0 Å². The highest BCUT2D eigenvalue weighted by Crippen LogP contribution is 2.41. The minimum Gasteiger partial charge on any atom is -0.444 e. The molecule has 0 aliphatic heterocycles. The maximum atomic E-state index is 11.5. The monoisotopic (exact) mass is 217 g/mol. The zero-order valence-electron chi connectivity index (χ0n) is 9.26. The number of amides is 1. The van der Waals surface area contributed by atoms with E-state index in [9.17, 15) is 4.79 Å². The quantitative estimate of drug-likeness (QED) is 0.697. The summed E-state index contributed by atoms with van der Waals surface area (Å²) in [6, 6.07) is 0. The maximum absolute atomic E-state index is 11.5. The van der Waals surface area contributed by atoms with Gasteiger partial charge in [0.2, 0.25) is 0 Å². The fourth-order valence-electron chi connectivity index (χ4n) is 1.29. The fourth-order valence-corrected chi connectivity index (χ4v) is 1.61. The van der Waals surface area contributed by atoms with Gasteiger partial charge >= 0.3 is 6.09 Å². The lowest BCUT2D eigenvalue weighted by atomic mass is 10.2. The average molecular weight is 217 g/mol. The van der Waals surface area contributed by atoms with Crippen molar-refractivity contribution in [2.75, 3.05) is 0 Å². The van der Waals surface area contributed by atoms with E-state index in [-0.39, 0.29) is 16.9 Å². The molecule has 82 valence electrons. The van der Waals surface area contributed by atoms with Gasteiger partial charge in [-0.1, -0.05) is 6.92 Å². The Hall–Kier alpha value is -0.380. The Morgan fingerprint density at radius 2 is 2.00 bits per heavy atom. The number of hydrogen-bond donors (Lipinski definition) is 2. The van der Waals surface area contributed by atoms with Gasteiger partial charge in [0.05, 0.1) is 5.54 Å². The van der Waals surface area contributed by atoms with Gasteiger partial charge < -0.3 is 10.1 Å². The molecule has 1 unspecified atom stereocenters. The Kier molecular flexibility index (Phi) is 3.04. The molecule has 1 fully saturated rings. The average Bonchev–Trinajstić information content (AvgIpc) is 2.63. The molecule has 14 heavy (non-hydrogen) atoms. The molecule has 0 aromatic carbocycles. The molecule has 4 heteroatoms. The van der Waals surface area contributed by atoms with E-state index in [0.29, 0.717) is 0 Å². The molecule has 0 aromatic heterocycles. The number of hydrogen-bond acceptors (Lipinski definition) is 3. The van der Waals surface area contributed by atoms with Gasteiger partial charge in [-0.25, -0.2) is 4.79 Å². The molecule has 0 radical (unpaired) electrons. The first kappa shape index (κ1) is 11.7. The Bertz CT molecular complexity index is 229. The number of nitrogens with one attached hydrogen (secondary N) is 1. The molecule has 0 aromatic rings. The van der Waals surface area contributed by atoms with Crippen molar-refractivity contribution in [3.63, 3.8) is 0 Å². The van der Waals surface area contributed by atoms with Crippen molar-refractivity contribution < 1.29 is 9.53 Å². The third-order valence-electron chi connectivity index (χ3n) is 2.34. The Morgan fingerprint density at radius 1 is 1.50 bits per heavy atom. The summed E-state index contributed by atoms with van der Waals surface area (Å²) in [7, 11) is 0. The predicted molar refractivity (Wildman–Crippen MR) is 59.8 cm³/mol. The topological polar surface area (TPSA) is 38.3 Å². The Balaban J connectivity index is 2.42. The first-order chi connectivity index (χ1) is 6.25. The molecule has 0 saturated heterocycles. The van der Waals surface area contributed by atoms with Crippen molar-refractivity contribution in [1.82, 2.24) is 5.32 Å². The fraction of sp³-hybridized carbons (Fsp3) is 0.900. The van der Waals surface area contributed by atoms with E-state index in [2.05, 4.69) is 17.9 Å². The standard InChI is InChI=1S/C10H19NO2S/c1-7(14)10(5-6-10)11-8(12)13-9(2,3)4/h7,14H,5-6H2,1-4H3,(H,11,12). The third kappa shape index (κ3) is 3.08. The zero-order chi connectivity index (χ0) is 11.0. The van der Waals surface area contributed by atoms with E-state index < -0.39 is 5.60 Å². The summed E-state index contributed by atoms with van der Waals surface area (Å²) in [5.74, 6) is 0. The lowest BCUT2D eigenvalue weighted by Gasteiger charge is -2.25. The van der Waals surface area contributed by atoms with Gasteiger partial charge in [-0.2, -0.15) is 12.6 Å². The van der Waals surface area contributed by atoms with Gasteiger partial charge in [0.15, 0.2) is 0 Å². The first-order valence-corrected chi connectivity index (χ1v) is 5.46. The van der Waals surface area contributed by atoms with Crippen LogP contribution in [-0.2, 0) is 4.74 Å². The molecule has 0 heterocycles. The van der Waals surface area contributed by atoms with Crippen molar-refractivity contribution >= 4 is 18.7 Å². The number of carbonyl (C=O) groups excluding carboxylic acids is 1. The molecular formula is C10H19NO2S. The molecule has 1 aliphatic rings. The second-order valence-electron chi connectivity index (χ2n) is 4.96. The van der Waals surface area contributed by atoms with Crippen LogP contribution in [0.1, 0.15) is 40.5 Å². The van der Waals surface area contributed by atoms with Crippen LogP contribution >= 0.6 is 12.6 Å². The summed E-state index contributed by atoms with van der Waals surface area (Å²) < 4.78 is 5.18. The molecule has 1 amide bonds. The van der Waals surface area contributed by atoms with Crippen LogP contribution in [0.2, 0.25) is 0 Å². The molecule has 0 bridgehead atoms. The van der Waals surface area contributed by atoms with Gasteiger partial charge in [-0.3, -0.25) is 0 Å². The summed E-state index contributed by atoms with van der Waals surface area (Å²) >= 11 is 4.36. The van der Waals surface area contributed by atoms with Crippen LogP contribution < -0.4 is 5.32 Å². The minimum absolute atomic E-state index is 0.120. The number of rotatable bonds is 2. The summed E-state index contributed by atoms with van der Waals surface area (Å²) in [5, 5.41) is 3.06. The lowest BCUT2D eigenvalue weighted by molar-refractivity contribution is 0.0497. The van der Waals surface area contributed by atoms with Crippen molar-refractivity contribution in [3.05, 3.63) is 0 Å². The third-order valence-corrected chi connectivity index (χ3v) is 2.83. The SMILES string of the molecule is CC(S)C1(NC(=O)OC(C)(C)C)CC1. The molecule has 0 spiro atoms. The van der Waals surface area contributed by atoms with Crippen molar-refractivity contribution in [2.24, 2.45) is 0 Å². The predicted octanol–water partition coefficient (Wildman–Crippen LogP) is 2.36. The van der Waals surface area contributed by atoms with E-state index >= 15 is 0 Å². The van der Waals surface area contributed by atoms with E-state index in [4.69, 9.17) is 4.74 Å².